The summed E-state index contributed by atoms with van der Waals surface area (Å²) < 4.78 is 0. The van der Waals surface area contributed by atoms with E-state index in [1.807, 2.05) is 0 Å². The molecule has 2 N–H and O–H groups in total. The molecule has 1 aliphatic rings. The van der Waals surface area contributed by atoms with Crippen molar-refractivity contribution in [3.05, 3.63) is 29.8 Å². The second-order valence-electron chi connectivity index (χ2n) is 5.03. The van der Waals surface area contributed by atoms with Gasteiger partial charge in [0.1, 0.15) is 0 Å². The van der Waals surface area contributed by atoms with Gasteiger partial charge >= 0.3 is 0 Å². The summed E-state index contributed by atoms with van der Waals surface area (Å²) in [6.45, 7) is 4.28. The first kappa shape index (κ1) is 11.0. The highest BCUT2D eigenvalue weighted by Crippen LogP contribution is 2.54. The van der Waals surface area contributed by atoms with Crippen LogP contribution >= 0.6 is 11.8 Å². The van der Waals surface area contributed by atoms with E-state index in [1.54, 1.807) is 11.8 Å². The second-order valence-corrected chi connectivity index (χ2v) is 5.91. The molecule has 0 unspecified atom stereocenters. The maximum atomic E-state index is 6.27. The van der Waals surface area contributed by atoms with Gasteiger partial charge in [0.05, 0.1) is 0 Å². The zero-order valence-corrected chi connectivity index (χ0v) is 10.5. The van der Waals surface area contributed by atoms with Gasteiger partial charge in [0.25, 0.3) is 0 Å². The molecule has 0 radical (unpaired) electrons. The van der Waals surface area contributed by atoms with Crippen LogP contribution in [-0.4, -0.2) is 11.8 Å². The fourth-order valence-corrected chi connectivity index (χ4v) is 2.75. The van der Waals surface area contributed by atoms with Crippen LogP contribution in [0.4, 0.5) is 0 Å². The van der Waals surface area contributed by atoms with Crippen molar-refractivity contribution >= 4 is 11.8 Å². The number of hydrogen-bond donors (Lipinski definition) is 1. The molecule has 2 heteroatoms. The summed E-state index contributed by atoms with van der Waals surface area (Å²) in [5.74, 6) is 0. The molecule has 2 rings (SSSR count). The van der Waals surface area contributed by atoms with Gasteiger partial charge < -0.3 is 5.73 Å². The van der Waals surface area contributed by atoms with Gasteiger partial charge in [0.15, 0.2) is 0 Å². The average Bonchev–Trinajstić information content (AvgIpc) is 2.98. The lowest BCUT2D eigenvalue weighted by molar-refractivity contribution is 0.391. The molecule has 1 aliphatic carbocycles. The fraction of sp³-hybridized carbons (Fsp3) is 0.538. The standard InChI is InChI=1S/C13H19NS/c1-12(2,14)13(8-9-13)10-4-6-11(15-3)7-5-10/h4-7H,8-9,14H2,1-3H3. The van der Waals surface area contributed by atoms with Gasteiger partial charge in [-0.2, -0.15) is 0 Å². The monoisotopic (exact) mass is 221 g/mol. The molecule has 0 heterocycles. The Balaban J connectivity index is 2.30. The van der Waals surface area contributed by atoms with E-state index in [9.17, 15) is 0 Å². The minimum atomic E-state index is -0.103. The normalized spacial score (nSPS) is 18.9. The maximum absolute atomic E-state index is 6.27. The number of nitrogens with two attached hydrogens (primary N) is 1. The van der Waals surface area contributed by atoms with E-state index in [4.69, 9.17) is 5.73 Å². The van der Waals surface area contributed by atoms with E-state index in [0.29, 0.717) is 0 Å². The van der Waals surface area contributed by atoms with E-state index in [-0.39, 0.29) is 11.0 Å². The Bertz CT molecular complexity index is 344. The van der Waals surface area contributed by atoms with Crippen molar-refractivity contribution in [2.24, 2.45) is 5.73 Å². The number of thioether (sulfide) groups is 1. The minimum Gasteiger partial charge on any atom is -0.325 e. The van der Waals surface area contributed by atoms with Crippen molar-refractivity contribution < 1.29 is 0 Å². The number of benzene rings is 1. The lowest BCUT2D eigenvalue weighted by Crippen LogP contribution is -2.45. The number of hydrogen-bond acceptors (Lipinski definition) is 2. The van der Waals surface area contributed by atoms with Crippen LogP contribution in [0.25, 0.3) is 0 Å². The van der Waals surface area contributed by atoms with Crippen molar-refractivity contribution in [1.82, 2.24) is 0 Å². The molecular weight excluding hydrogens is 202 g/mol. The van der Waals surface area contributed by atoms with Crippen molar-refractivity contribution in [2.45, 2.75) is 42.5 Å². The van der Waals surface area contributed by atoms with Crippen LogP contribution in [0.5, 0.6) is 0 Å². The highest BCUT2D eigenvalue weighted by molar-refractivity contribution is 7.98. The van der Waals surface area contributed by atoms with E-state index >= 15 is 0 Å². The third kappa shape index (κ3) is 1.81. The first-order chi connectivity index (χ1) is 6.99. The lowest BCUT2D eigenvalue weighted by atomic mass is 9.79. The Labute approximate surface area is 96.4 Å². The van der Waals surface area contributed by atoms with E-state index < -0.39 is 0 Å². The van der Waals surface area contributed by atoms with Gasteiger partial charge in [-0.15, -0.1) is 11.8 Å². The second kappa shape index (κ2) is 3.53. The zero-order chi connectivity index (χ0) is 11.1. The molecule has 0 saturated heterocycles. The third-order valence-electron chi connectivity index (χ3n) is 3.63. The molecule has 82 valence electrons. The lowest BCUT2D eigenvalue weighted by Gasteiger charge is -2.31. The Morgan fingerprint density at radius 1 is 1.20 bits per heavy atom. The molecule has 1 nitrogen and oxygen atoms in total. The van der Waals surface area contributed by atoms with Gasteiger partial charge in [-0.3, -0.25) is 0 Å². The summed E-state index contributed by atoms with van der Waals surface area (Å²) in [5.41, 5.74) is 7.82. The van der Waals surface area contributed by atoms with E-state index in [1.165, 1.54) is 23.3 Å². The maximum Gasteiger partial charge on any atom is 0.0195 e. The molecule has 1 aromatic rings. The van der Waals surface area contributed by atoms with Crippen LogP contribution in [0.3, 0.4) is 0 Å². The minimum absolute atomic E-state index is 0.103. The summed E-state index contributed by atoms with van der Waals surface area (Å²) in [7, 11) is 0. The summed E-state index contributed by atoms with van der Waals surface area (Å²) >= 11 is 1.78. The van der Waals surface area contributed by atoms with Crippen molar-refractivity contribution in [2.75, 3.05) is 6.26 Å². The van der Waals surface area contributed by atoms with Crippen molar-refractivity contribution in [3.63, 3.8) is 0 Å². The topological polar surface area (TPSA) is 26.0 Å². The fourth-order valence-electron chi connectivity index (χ4n) is 2.34. The van der Waals surface area contributed by atoms with Crippen LogP contribution in [0.15, 0.2) is 29.2 Å². The first-order valence-electron chi connectivity index (χ1n) is 5.43. The summed E-state index contributed by atoms with van der Waals surface area (Å²) in [6, 6.07) is 8.89. The predicted molar refractivity (Wildman–Crippen MR) is 67.4 cm³/mol. The van der Waals surface area contributed by atoms with Gasteiger partial charge in [-0.05, 0) is 50.6 Å². The molecular formula is C13H19NS. The average molecular weight is 221 g/mol. The Morgan fingerprint density at radius 2 is 1.73 bits per heavy atom. The van der Waals surface area contributed by atoms with Gasteiger partial charge in [0, 0.05) is 15.8 Å². The molecule has 0 atom stereocenters. The molecule has 15 heavy (non-hydrogen) atoms. The van der Waals surface area contributed by atoms with Crippen molar-refractivity contribution in [3.8, 4) is 0 Å². The molecule has 1 fully saturated rings. The molecule has 0 aromatic heterocycles. The third-order valence-corrected chi connectivity index (χ3v) is 4.37. The summed E-state index contributed by atoms with van der Waals surface area (Å²) in [4.78, 5) is 1.32. The largest absolute Gasteiger partial charge is 0.325 e. The number of rotatable bonds is 3. The SMILES string of the molecule is CSc1ccc(C2(C(C)(C)N)CC2)cc1. The van der Waals surface area contributed by atoms with Crippen LogP contribution in [0.1, 0.15) is 32.3 Å². The Kier molecular flexibility index (Phi) is 2.60. The quantitative estimate of drug-likeness (QED) is 0.793. The van der Waals surface area contributed by atoms with Gasteiger partial charge in [-0.25, -0.2) is 0 Å². The van der Waals surface area contributed by atoms with Crippen molar-refractivity contribution in [1.29, 1.82) is 0 Å². The summed E-state index contributed by atoms with van der Waals surface area (Å²) in [5, 5.41) is 0. The van der Waals surface area contributed by atoms with Crippen LogP contribution < -0.4 is 5.73 Å². The van der Waals surface area contributed by atoms with Crippen LogP contribution in [0.2, 0.25) is 0 Å². The van der Waals surface area contributed by atoms with Crippen LogP contribution in [-0.2, 0) is 5.41 Å². The van der Waals surface area contributed by atoms with Gasteiger partial charge in [0.2, 0.25) is 0 Å². The smallest absolute Gasteiger partial charge is 0.0195 e. The van der Waals surface area contributed by atoms with E-state index in [2.05, 4.69) is 44.4 Å². The molecule has 0 amide bonds. The highest BCUT2D eigenvalue weighted by atomic mass is 32.2. The van der Waals surface area contributed by atoms with E-state index in [0.717, 1.165) is 0 Å². The molecule has 0 bridgehead atoms. The first-order valence-corrected chi connectivity index (χ1v) is 6.65. The summed E-state index contributed by atoms with van der Waals surface area (Å²) in [6.07, 6.45) is 4.57. The molecule has 1 aromatic carbocycles. The molecule has 0 aliphatic heterocycles. The molecule has 1 saturated carbocycles. The van der Waals surface area contributed by atoms with Gasteiger partial charge in [-0.1, -0.05) is 12.1 Å². The molecule has 0 spiro atoms. The predicted octanol–water partition coefficient (Wildman–Crippen LogP) is 3.18. The zero-order valence-electron chi connectivity index (χ0n) is 9.71. The Morgan fingerprint density at radius 3 is 2.07 bits per heavy atom. The Hall–Kier alpha value is -0.470. The van der Waals surface area contributed by atoms with Crippen LogP contribution in [0, 0.1) is 0 Å². The highest BCUT2D eigenvalue weighted by Gasteiger charge is 2.53.